The lowest BCUT2D eigenvalue weighted by molar-refractivity contribution is 0.146. The van der Waals surface area contributed by atoms with Gasteiger partial charge in [-0.2, -0.15) is 0 Å². The molecule has 1 atom stereocenters. The predicted octanol–water partition coefficient (Wildman–Crippen LogP) is 2.69. The van der Waals surface area contributed by atoms with Crippen LogP contribution in [0.2, 0.25) is 5.02 Å². The zero-order valence-corrected chi connectivity index (χ0v) is 12.9. The van der Waals surface area contributed by atoms with Crippen molar-refractivity contribution in [3.63, 3.8) is 0 Å². The van der Waals surface area contributed by atoms with Gasteiger partial charge in [0.2, 0.25) is 0 Å². The molecule has 1 aromatic rings. The van der Waals surface area contributed by atoms with Crippen LogP contribution in [0.4, 0.5) is 0 Å². The molecular formula is C16H25ClN2O. The van der Waals surface area contributed by atoms with E-state index in [1.807, 2.05) is 12.1 Å². The zero-order chi connectivity index (χ0) is 14.4. The summed E-state index contributed by atoms with van der Waals surface area (Å²) in [6.45, 7) is 6.59. The third-order valence-corrected chi connectivity index (χ3v) is 4.46. The first-order chi connectivity index (χ1) is 9.69. The third kappa shape index (κ3) is 4.74. The Morgan fingerprint density at radius 1 is 1.30 bits per heavy atom. The van der Waals surface area contributed by atoms with Gasteiger partial charge < -0.3 is 15.3 Å². The number of rotatable bonds is 6. The van der Waals surface area contributed by atoms with E-state index in [1.165, 1.54) is 18.4 Å². The summed E-state index contributed by atoms with van der Waals surface area (Å²) in [7, 11) is 0. The molecule has 0 aliphatic carbocycles. The van der Waals surface area contributed by atoms with Crippen LogP contribution in [0.3, 0.4) is 0 Å². The molecule has 1 fully saturated rings. The molecule has 1 heterocycles. The van der Waals surface area contributed by atoms with Gasteiger partial charge in [-0.15, -0.1) is 0 Å². The summed E-state index contributed by atoms with van der Waals surface area (Å²) in [6.07, 6.45) is 2.45. The van der Waals surface area contributed by atoms with Gasteiger partial charge in [0.15, 0.2) is 0 Å². The Labute approximate surface area is 126 Å². The molecule has 0 aromatic heterocycles. The number of piperidine rings is 1. The molecule has 1 unspecified atom stereocenters. The maximum absolute atomic E-state index is 8.94. The van der Waals surface area contributed by atoms with Crippen molar-refractivity contribution in [2.45, 2.75) is 25.8 Å². The lowest BCUT2D eigenvalue weighted by atomic mass is 9.96. The molecule has 0 saturated carbocycles. The van der Waals surface area contributed by atoms with Gasteiger partial charge in [-0.05, 0) is 63.0 Å². The third-order valence-electron chi connectivity index (χ3n) is 4.21. The summed E-state index contributed by atoms with van der Waals surface area (Å²) in [5.41, 5.74) is 1.28. The lowest BCUT2D eigenvalue weighted by Crippen LogP contribution is -2.39. The zero-order valence-electron chi connectivity index (χ0n) is 12.2. The molecule has 20 heavy (non-hydrogen) atoms. The van der Waals surface area contributed by atoms with Gasteiger partial charge >= 0.3 is 0 Å². The Hall–Kier alpha value is -0.610. The Balaban J connectivity index is 1.71. The van der Waals surface area contributed by atoms with Crippen molar-refractivity contribution >= 4 is 11.6 Å². The SMILES string of the molecule is CC(NCC1CCN(CCO)CC1)c1ccc(Cl)cc1. The van der Waals surface area contributed by atoms with E-state index in [-0.39, 0.29) is 6.61 Å². The smallest absolute Gasteiger partial charge is 0.0558 e. The molecule has 1 aromatic carbocycles. The van der Waals surface area contributed by atoms with E-state index in [0.717, 1.165) is 37.1 Å². The summed E-state index contributed by atoms with van der Waals surface area (Å²) in [5.74, 6) is 0.750. The second-order valence-corrected chi connectivity index (χ2v) is 6.13. The van der Waals surface area contributed by atoms with Crippen LogP contribution in [-0.2, 0) is 0 Å². The van der Waals surface area contributed by atoms with Crippen LogP contribution in [0.1, 0.15) is 31.4 Å². The van der Waals surface area contributed by atoms with Crippen LogP contribution in [0, 0.1) is 5.92 Å². The van der Waals surface area contributed by atoms with E-state index < -0.39 is 0 Å². The maximum atomic E-state index is 8.94. The fourth-order valence-corrected chi connectivity index (χ4v) is 2.89. The highest BCUT2D eigenvalue weighted by molar-refractivity contribution is 6.30. The highest BCUT2D eigenvalue weighted by Gasteiger charge is 2.19. The fourth-order valence-electron chi connectivity index (χ4n) is 2.77. The van der Waals surface area contributed by atoms with E-state index in [9.17, 15) is 0 Å². The Kier molecular flexibility index (Phi) is 6.30. The van der Waals surface area contributed by atoms with Gasteiger partial charge in [-0.1, -0.05) is 23.7 Å². The molecule has 2 N–H and O–H groups in total. The van der Waals surface area contributed by atoms with Gasteiger partial charge in [0, 0.05) is 17.6 Å². The molecule has 4 heteroatoms. The minimum Gasteiger partial charge on any atom is -0.395 e. The van der Waals surface area contributed by atoms with Gasteiger partial charge in [0.1, 0.15) is 0 Å². The average Bonchev–Trinajstić information content (AvgIpc) is 2.47. The lowest BCUT2D eigenvalue weighted by Gasteiger charge is -2.32. The number of nitrogens with zero attached hydrogens (tertiary/aromatic N) is 1. The number of nitrogens with one attached hydrogen (secondary N) is 1. The minimum absolute atomic E-state index is 0.274. The number of aliphatic hydroxyl groups is 1. The Morgan fingerprint density at radius 2 is 1.95 bits per heavy atom. The van der Waals surface area contributed by atoms with Crippen molar-refractivity contribution in [3.8, 4) is 0 Å². The molecule has 112 valence electrons. The molecular weight excluding hydrogens is 272 g/mol. The quantitative estimate of drug-likeness (QED) is 0.847. The van der Waals surface area contributed by atoms with Gasteiger partial charge in [0.05, 0.1) is 6.61 Å². The van der Waals surface area contributed by atoms with Crippen molar-refractivity contribution in [1.29, 1.82) is 0 Å². The van der Waals surface area contributed by atoms with E-state index in [0.29, 0.717) is 6.04 Å². The topological polar surface area (TPSA) is 35.5 Å². The molecule has 1 aliphatic heterocycles. The molecule has 1 saturated heterocycles. The van der Waals surface area contributed by atoms with Crippen molar-refractivity contribution in [1.82, 2.24) is 10.2 Å². The second kappa shape index (κ2) is 7.99. The summed E-state index contributed by atoms with van der Waals surface area (Å²) in [4.78, 5) is 2.35. The number of likely N-dealkylation sites (tertiary alicyclic amines) is 1. The second-order valence-electron chi connectivity index (χ2n) is 5.69. The summed E-state index contributed by atoms with van der Waals surface area (Å²) in [5, 5.41) is 13.4. The van der Waals surface area contributed by atoms with Crippen molar-refractivity contribution in [2.24, 2.45) is 5.92 Å². The van der Waals surface area contributed by atoms with Crippen molar-refractivity contribution in [2.75, 3.05) is 32.8 Å². The average molecular weight is 297 g/mol. The van der Waals surface area contributed by atoms with Gasteiger partial charge in [-0.3, -0.25) is 0 Å². The first-order valence-electron chi connectivity index (χ1n) is 7.51. The number of hydrogen-bond acceptors (Lipinski definition) is 3. The summed E-state index contributed by atoms with van der Waals surface area (Å²) in [6, 6.07) is 8.43. The molecule has 1 aliphatic rings. The maximum Gasteiger partial charge on any atom is 0.0558 e. The van der Waals surface area contributed by atoms with Gasteiger partial charge in [-0.25, -0.2) is 0 Å². The number of halogens is 1. The van der Waals surface area contributed by atoms with Crippen LogP contribution < -0.4 is 5.32 Å². The predicted molar refractivity (Wildman–Crippen MR) is 84.1 cm³/mol. The van der Waals surface area contributed by atoms with Gasteiger partial charge in [0.25, 0.3) is 0 Å². The van der Waals surface area contributed by atoms with Crippen LogP contribution in [0.15, 0.2) is 24.3 Å². The van der Waals surface area contributed by atoms with E-state index >= 15 is 0 Å². The molecule has 2 rings (SSSR count). The Bertz CT molecular complexity index is 388. The highest BCUT2D eigenvalue weighted by atomic mass is 35.5. The van der Waals surface area contributed by atoms with Crippen molar-refractivity contribution in [3.05, 3.63) is 34.9 Å². The van der Waals surface area contributed by atoms with Crippen LogP contribution in [-0.4, -0.2) is 42.8 Å². The fraction of sp³-hybridized carbons (Fsp3) is 0.625. The monoisotopic (exact) mass is 296 g/mol. The van der Waals surface area contributed by atoms with E-state index in [2.05, 4.69) is 29.3 Å². The van der Waals surface area contributed by atoms with Crippen LogP contribution in [0.25, 0.3) is 0 Å². The normalized spacial score (nSPS) is 19.1. The number of benzene rings is 1. The molecule has 0 radical (unpaired) electrons. The van der Waals surface area contributed by atoms with E-state index in [1.54, 1.807) is 0 Å². The molecule has 0 bridgehead atoms. The summed E-state index contributed by atoms with van der Waals surface area (Å²) < 4.78 is 0. The van der Waals surface area contributed by atoms with E-state index in [4.69, 9.17) is 16.7 Å². The molecule has 3 nitrogen and oxygen atoms in total. The number of aliphatic hydroxyl groups excluding tert-OH is 1. The highest BCUT2D eigenvalue weighted by Crippen LogP contribution is 2.19. The summed E-state index contributed by atoms with van der Waals surface area (Å²) >= 11 is 5.91. The first-order valence-corrected chi connectivity index (χ1v) is 7.89. The van der Waals surface area contributed by atoms with Crippen LogP contribution >= 0.6 is 11.6 Å². The number of β-amino-alcohol motifs (C(OH)–C–C–N with tert-alkyl or cyclic N) is 1. The van der Waals surface area contributed by atoms with Crippen LogP contribution in [0.5, 0.6) is 0 Å². The molecule has 0 amide bonds. The standard InChI is InChI=1S/C16H25ClN2O/c1-13(15-2-4-16(17)5-3-15)18-12-14-6-8-19(9-7-14)10-11-20/h2-5,13-14,18,20H,6-12H2,1H3. The number of hydrogen-bond donors (Lipinski definition) is 2. The molecule has 0 spiro atoms. The van der Waals surface area contributed by atoms with Crippen molar-refractivity contribution < 1.29 is 5.11 Å². The minimum atomic E-state index is 0.274. The Morgan fingerprint density at radius 3 is 2.55 bits per heavy atom. The largest absolute Gasteiger partial charge is 0.395 e. The first kappa shape index (κ1) is 15.8.